The maximum Gasteiger partial charge on any atom is 0.326 e. The topological polar surface area (TPSA) is 110 Å². The van der Waals surface area contributed by atoms with E-state index in [0.717, 1.165) is 22.3 Å². The van der Waals surface area contributed by atoms with Crippen LogP contribution in [0.5, 0.6) is 5.75 Å². The fraction of sp³-hybridized carbons (Fsp3) is 0.462. The van der Waals surface area contributed by atoms with Gasteiger partial charge in [-0.2, -0.15) is 0 Å². The van der Waals surface area contributed by atoms with Gasteiger partial charge in [0.25, 0.3) is 0 Å². The number of carboxylic acid groups (broad SMARTS) is 1. The standard InChI is InChI=1S/C26H31NO7S/c1-19-17-21(5-6-24(19)22-3-2-4-23(18-22)34-16-13-28)20-7-11-27(12-8-20)35(31,32)26(25(29)30)9-14-33-15-10-26/h2-6,13,17-18,20H,7-12,14-16H2,1H3,(H,29,30). The average molecular weight is 502 g/mol. The van der Waals surface area contributed by atoms with Crippen molar-refractivity contribution in [2.75, 3.05) is 32.9 Å². The summed E-state index contributed by atoms with van der Waals surface area (Å²) < 4.78 is 36.9. The van der Waals surface area contributed by atoms with Gasteiger partial charge in [-0.25, -0.2) is 12.7 Å². The van der Waals surface area contributed by atoms with E-state index in [1.165, 1.54) is 4.31 Å². The van der Waals surface area contributed by atoms with Crippen LogP contribution in [0.2, 0.25) is 0 Å². The number of sulfonamides is 1. The Balaban J connectivity index is 1.47. The first-order chi connectivity index (χ1) is 16.8. The van der Waals surface area contributed by atoms with Crippen molar-refractivity contribution in [1.29, 1.82) is 0 Å². The molecule has 9 heteroatoms. The fourth-order valence-electron chi connectivity index (χ4n) is 5.11. The highest BCUT2D eigenvalue weighted by Crippen LogP contribution is 2.38. The second-order valence-corrected chi connectivity index (χ2v) is 11.4. The molecule has 0 atom stereocenters. The van der Waals surface area contributed by atoms with Crippen LogP contribution in [0.15, 0.2) is 42.5 Å². The number of hydrogen-bond donors (Lipinski definition) is 1. The van der Waals surface area contributed by atoms with Crippen molar-refractivity contribution in [2.24, 2.45) is 0 Å². The Labute approximate surface area is 205 Å². The zero-order chi connectivity index (χ0) is 25.1. The predicted molar refractivity (Wildman–Crippen MR) is 131 cm³/mol. The third-order valence-corrected chi connectivity index (χ3v) is 9.78. The van der Waals surface area contributed by atoms with Crippen molar-refractivity contribution < 1.29 is 32.6 Å². The van der Waals surface area contributed by atoms with Gasteiger partial charge in [0.15, 0.2) is 11.0 Å². The molecule has 0 radical (unpaired) electrons. The molecule has 2 aromatic rings. The summed E-state index contributed by atoms with van der Waals surface area (Å²) >= 11 is 0. The Hall–Kier alpha value is -2.75. The highest BCUT2D eigenvalue weighted by molar-refractivity contribution is 7.91. The molecular formula is C26H31NO7S. The molecule has 2 heterocycles. The van der Waals surface area contributed by atoms with Gasteiger partial charge >= 0.3 is 5.97 Å². The third-order valence-electron chi connectivity index (χ3n) is 7.16. The second-order valence-electron chi connectivity index (χ2n) is 9.17. The maximum atomic E-state index is 13.4. The summed E-state index contributed by atoms with van der Waals surface area (Å²) in [7, 11) is -3.99. The number of nitrogens with zero attached hydrogens (tertiary/aromatic N) is 1. The number of aryl methyl sites for hydroxylation is 1. The molecule has 0 aliphatic carbocycles. The zero-order valence-corrected chi connectivity index (χ0v) is 20.6. The Kier molecular flexibility index (Phi) is 7.59. The van der Waals surface area contributed by atoms with Crippen molar-refractivity contribution in [3.05, 3.63) is 53.6 Å². The lowest BCUT2D eigenvalue weighted by Crippen LogP contribution is -2.57. The van der Waals surface area contributed by atoms with Crippen LogP contribution in [0.4, 0.5) is 0 Å². The highest BCUT2D eigenvalue weighted by atomic mass is 32.2. The lowest BCUT2D eigenvalue weighted by Gasteiger charge is -2.39. The second kappa shape index (κ2) is 10.5. The Morgan fingerprint density at radius 3 is 2.51 bits per heavy atom. The smallest absolute Gasteiger partial charge is 0.326 e. The van der Waals surface area contributed by atoms with Gasteiger partial charge in [0.05, 0.1) is 0 Å². The van der Waals surface area contributed by atoms with E-state index in [1.54, 1.807) is 0 Å². The summed E-state index contributed by atoms with van der Waals surface area (Å²) in [6.45, 7) is 2.94. The molecule has 2 aromatic carbocycles. The van der Waals surface area contributed by atoms with E-state index in [4.69, 9.17) is 9.47 Å². The van der Waals surface area contributed by atoms with Gasteiger partial charge in [-0.15, -0.1) is 0 Å². The third kappa shape index (κ3) is 4.98. The lowest BCUT2D eigenvalue weighted by molar-refractivity contribution is -0.143. The van der Waals surface area contributed by atoms with Crippen molar-refractivity contribution >= 4 is 22.3 Å². The summed E-state index contributed by atoms with van der Waals surface area (Å²) in [4.78, 5) is 22.6. The van der Waals surface area contributed by atoms with Crippen LogP contribution in [0.25, 0.3) is 11.1 Å². The first-order valence-corrected chi connectivity index (χ1v) is 13.3. The molecule has 0 saturated carbocycles. The number of piperidine rings is 1. The average Bonchev–Trinajstić information content (AvgIpc) is 2.88. The molecule has 0 unspecified atom stereocenters. The molecule has 0 amide bonds. The number of carbonyl (C=O) groups excluding carboxylic acids is 1. The summed E-state index contributed by atoms with van der Waals surface area (Å²) in [5, 5.41) is 9.81. The quantitative estimate of drug-likeness (QED) is 0.552. The Morgan fingerprint density at radius 1 is 1.17 bits per heavy atom. The molecule has 0 spiro atoms. The van der Waals surface area contributed by atoms with Crippen LogP contribution in [-0.2, 0) is 24.3 Å². The van der Waals surface area contributed by atoms with Crippen molar-refractivity contribution in [3.8, 4) is 16.9 Å². The minimum Gasteiger partial charge on any atom is -0.486 e. The van der Waals surface area contributed by atoms with E-state index in [2.05, 4.69) is 18.2 Å². The molecule has 4 rings (SSSR count). The molecule has 2 aliphatic heterocycles. The monoisotopic (exact) mass is 501 g/mol. The number of carboxylic acids is 1. The van der Waals surface area contributed by atoms with E-state index >= 15 is 0 Å². The van der Waals surface area contributed by atoms with Crippen LogP contribution < -0.4 is 4.74 Å². The largest absolute Gasteiger partial charge is 0.486 e. The number of rotatable bonds is 8. The van der Waals surface area contributed by atoms with Gasteiger partial charge < -0.3 is 14.6 Å². The SMILES string of the molecule is Cc1cc(C2CCN(S(=O)(=O)C3(C(=O)O)CCOCC3)CC2)ccc1-c1cccc(OCC=O)c1. The van der Waals surface area contributed by atoms with Gasteiger partial charge in [0.1, 0.15) is 12.4 Å². The molecule has 2 saturated heterocycles. The van der Waals surface area contributed by atoms with Crippen molar-refractivity contribution in [2.45, 2.75) is 43.3 Å². The summed E-state index contributed by atoms with van der Waals surface area (Å²) in [5.74, 6) is -0.447. The van der Waals surface area contributed by atoms with Gasteiger partial charge in [-0.1, -0.05) is 30.3 Å². The molecule has 1 N–H and O–H groups in total. The van der Waals surface area contributed by atoms with E-state index in [0.29, 0.717) is 38.0 Å². The fourth-order valence-corrected chi connectivity index (χ4v) is 7.20. The minimum absolute atomic E-state index is 0.0111. The lowest BCUT2D eigenvalue weighted by atomic mass is 9.87. The normalized spacial score (nSPS) is 19.2. The summed E-state index contributed by atoms with van der Waals surface area (Å²) in [5.41, 5.74) is 4.30. The van der Waals surface area contributed by atoms with Crippen LogP contribution in [0.3, 0.4) is 0 Å². The number of aliphatic carboxylic acids is 1. The molecule has 8 nitrogen and oxygen atoms in total. The van der Waals surface area contributed by atoms with Gasteiger partial charge in [0, 0.05) is 39.1 Å². The first kappa shape index (κ1) is 25.3. The highest BCUT2D eigenvalue weighted by Gasteiger charge is 2.54. The molecular weight excluding hydrogens is 470 g/mol. The minimum atomic E-state index is -3.99. The molecule has 0 bridgehead atoms. The predicted octanol–water partition coefficient (Wildman–Crippen LogP) is 3.38. The summed E-state index contributed by atoms with van der Waals surface area (Å²) in [6, 6.07) is 13.9. The van der Waals surface area contributed by atoms with Crippen molar-refractivity contribution in [3.63, 3.8) is 0 Å². The number of ether oxygens (including phenoxy) is 2. The van der Waals surface area contributed by atoms with Gasteiger partial charge in [-0.05, 0) is 60.1 Å². The molecule has 2 fully saturated rings. The van der Waals surface area contributed by atoms with E-state index < -0.39 is 20.7 Å². The van der Waals surface area contributed by atoms with E-state index in [-0.39, 0.29) is 38.6 Å². The van der Waals surface area contributed by atoms with E-state index in [1.807, 2.05) is 31.2 Å². The van der Waals surface area contributed by atoms with E-state index in [9.17, 15) is 23.1 Å². The number of hydrogen-bond acceptors (Lipinski definition) is 6. The molecule has 188 valence electrons. The van der Waals surface area contributed by atoms with Gasteiger partial charge in [0.2, 0.25) is 10.0 Å². The first-order valence-electron chi connectivity index (χ1n) is 11.9. The number of benzene rings is 2. The number of aldehydes is 1. The molecule has 35 heavy (non-hydrogen) atoms. The Bertz CT molecular complexity index is 1180. The maximum absolute atomic E-state index is 13.4. The molecule has 2 aliphatic rings. The van der Waals surface area contributed by atoms with Crippen LogP contribution in [0.1, 0.15) is 42.7 Å². The Morgan fingerprint density at radius 2 is 1.89 bits per heavy atom. The number of carbonyl (C=O) groups is 2. The van der Waals surface area contributed by atoms with Crippen LogP contribution in [-0.4, -0.2) is 67.7 Å². The van der Waals surface area contributed by atoms with Crippen LogP contribution in [0, 0.1) is 6.92 Å². The zero-order valence-electron chi connectivity index (χ0n) is 19.8. The van der Waals surface area contributed by atoms with Crippen LogP contribution >= 0.6 is 0 Å². The van der Waals surface area contributed by atoms with Gasteiger partial charge in [-0.3, -0.25) is 9.59 Å². The summed E-state index contributed by atoms with van der Waals surface area (Å²) in [6.07, 6.45) is 1.95. The van der Waals surface area contributed by atoms with Crippen molar-refractivity contribution in [1.82, 2.24) is 4.31 Å². The molecule has 0 aromatic heterocycles.